The molecule has 7 nitrogen and oxygen atoms in total. The Morgan fingerprint density at radius 1 is 1.22 bits per heavy atom. The van der Waals surface area contributed by atoms with Crippen LogP contribution in [0.25, 0.3) is 0 Å². The van der Waals surface area contributed by atoms with E-state index < -0.39 is 0 Å². The lowest BCUT2D eigenvalue weighted by atomic mass is 9.92. The number of nitrogens with zero attached hydrogens (tertiary/aromatic N) is 5. The van der Waals surface area contributed by atoms with Crippen molar-refractivity contribution in [1.82, 2.24) is 14.9 Å². The first-order valence-corrected chi connectivity index (χ1v) is 7.60. The van der Waals surface area contributed by atoms with Crippen LogP contribution in [0.2, 0.25) is 0 Å². The minimum Gasteiger partial charge on any atom is -0.401 e. The fourth-order valence-corrected chi connectivity index (χ4v) is 1.58. The zero-order valence-corrected chi connectivity index (χ0v) is 15.0. The molecule has 0 spiro atoms. The average Bonchev–Trinajstić information content (AvgIpc) is 2.43. The zero-order chi connectivity index (χ0) is 17.6. The van der Waals surface area contributed by atoms with Crippen molar-refractivity contribution < 1.29 is 0 Å². The summed E-state index contributed by atoms with van der Waals surface area (Å²) in [5.74, 6) is 1.47. The Bertz CT molecular complexity index is 570. The molecule has 1 heterocycles. The molecule has 1 aromatic rings. The van der Waals surface area contributed by atoms with Gasteiger partial charge in [0.05, 0.1) is 0 Å². The Kier molecular flexibility index (Phi) is 6.50. The molecule has 23 heavy (non-hydrogen) atoms. The van der Waals surface area contributed by atoms with Gasteiger partial charge in [0, 0.05) is 43.5 Å². The fraction of sp³-hybridized carbons (Fsp3) is 0.562. The van der Waals surface area contributed by atoms with Gasteiger partial charge in [0.1, 0.15) is 5.84 Å². The molecule has 0 aliphatic rings. The predicted octanol–water partition coefficient (Wildman–Crippen LogP) is 1.35. The maximum atomic E-state index is 6.01. The molecule has 0 saturated heterocycles. The number of hydrogen-bond acceptors (Lipinski definition) is 6. The van der Waals surface area contributed by atoms with E-state index in [0.717, 1.165) is 13.1 Å². The van der Waals surface area contributed by atoms with Crippen LogP contribution in [0, 0.1) is 5.41 Å². The lowest BCUT2D eigenvalue weighted by Gasteiger charge is -2.19. The normalized spacial score (nSPS) is 13.5. The number of anilines is 1. The maximum Gasteiger partial charge on any atom is 0.227 e. The Morgan fingerprint density at radius 3 is 2.43 bits per heavy atom. The standard InChI is InChI=1S/C16H29N7/c1-16(2,3)12(17)11-13(18)20-14-7-8-19-15(21-14)23(6)10-9-22(4)5/h7-8,11H,9-10,17H2,1-6H3,(H2,18,19,20,21)/b12-11-. The molecule has 1 aromatic heterocycles. The van der Waals surface area contributed by atoms with Crippen LogP contribution in [-0.2, 0) is 0 Å². The molecular weight excluding hydrogens is 290 g/mol. The van der Waals surface area contributed by atoms with Gasteiger partial charge in [-0.1, -0.05) is 20.8 Å². The van der Waals surface area contributed by atoms with Crippen molar-refractivity contribution in [2.45, 2.75) is 20.8 Å². The molecule has 0 unspecified atom stereocenters. The molecule has 0 aliphatic heterocycles. The number of likely N-dealkylation sites (N-methyl/N-ethyl adjacent to an activating group) is 2. The van der Waals surface area contributed by atoms with Crippen LogP contribution in [0.3, 0.4) is 0 Å². The lowest BCUT2D eigenvalue weighted by molar-refractivity contribution is 0.415. The molecule has 0 aliphatic carbocycles. The number of aromatic nitrogens is 2. The largest absolute Gasteiger partial charge is 0.401 e. The van der Waals surface area contributed by atoms with Crippen molar-refractivity contribution in [2.75, 3.05) is 39.1 Å². The van der Waals surface area contributed by atoms with Gasteiger partial charge < -0.3 is 21.3 Å². The van der Waals surface area contributed by atoms with E-state index in [-0.39, 0.29) is 5.41 Å². The number of hydrogen-bond donors (Lipinski definition) is 2. The highest BCUT2D eigenvalue weighted by molar-refractivity contribution is 5.93. The van der Waals surface area contributed by atoms with E-state index >= 15 is 0 Å². The molecule has 7 heteroatoms. The molecular formula is C16H29N7. The Labute approximate surface area is 139 Å². The molecule has 0 bridgehead atoms. The van der Waals surface area contributed by atoms with Gasteiger partial charge in [-0.05, 0) is 20.2 Å². The van der Waals surface area contributed by atoms with Crippen molar-refractivity contribution in [1.29, 1.82) is 0 Å². The molecule has 0 saturated carbocycles. The third-order valence-corrected chi connectivity index (χ3v) is 3.27. The molecule has 4 N–H and O–H groups in total. The van der Waals surface area contributed by atoms with E-state index in [4.69, 9.17) is 11.5 Å². The molecule has 0 fully saturated rings. The quantitative estimate of drug-likeness (QED) is 0.607. The highest BCUT2D eigenvalue weighted by Gasteiger charge is 2.13. The van der Waals surface area contributed by atoms with E-state index in [1.54, 1.807) is 18.3 Å². The molecule has 0 aromatic carbocycles. The van der Waals surface area contributed by atoms with Crippen LogP contribution in [0.4, 0.5) is 11.8 Å². The topological polar surface area (TPSA) is 96.7 Å². The summed E-state index contributed by atoms with van der Waals surface area (Å²) in [6.07, 6.45) is 3.36. The van der Waals surface area contributed by atoms with Gasteiger partial charge in [0.25, 0.3) is 0 Å². The number of aliphatic imine (C=N–C) groups is 1. The minimum absolute atomic E-state index is 0.149. The summed E-state index contributed by atoms with van der Waals surface area (Å²) in [7, 11) is 6.01. The van der Waals surface area contributed by atoms with E-state index in [1.165, 1.54) is 0 Å². The monoisotopic (exact) mass is 319 g/mol. The van der Waals surface area contributed by atoms with Crippen molar-refractivity contribution in [3.05, 3.63) is 24.0 Å². The molecule has 0 radical (unpaired) electrons. The Balaban J connectivity index is 2.90. The van der Waals surface area contributed by atoms with Crippen LogP contribution < -0.4 is 16.4 Å². The SMILES string of the molecule is CN(C)CCN(C)c1nccc(N=C(N)/C=C(\N)C(C)(C)C)n1. The van der Waals surface area contributed by atoms with Crippen molar-refractivity contribution in [3.8, 4) is 0 Å². The average molecular weight is 319 g/mol. The third-order valence-electron chi connectivity index (χ3n) is 3.27. The second-order valence-electron chi connectivity index (χ2n) is 6.83. The second-order valence-corrected chi connectivity index (χ2v) is 6.83. The van der Waals surface area contributed by atoms with E-state index in [2.05, 4.69) is 19.9 Å². The van der Waals surface area contributed by atoms with E-state index in [9.17, 15) is 0 Å². The number of amidine groups is 1. The van der Waals surface area contributed by atoms with Crippen molar-refractivity contribution in [2.24, 2.45) is 21.9 Å². The van der Waals surface area contributed by atoms with Crippen molar-refractivity contribution >= 4 is 17.6 Å². The Hall–Kier alpha value is -2.15. The summed E-state index contributed by atoms with van der Waals surface area (Å²) >= 11 is 0. The number of nitrogens with two attached hydrogens (primary N) is 2. The zero-order valence-electron chi connectivity index (χ0n) is 15.0. The smallest absolute Gasteiger partial charge is 0.227 e. The summed E-state index contributed by atoms with van der Waals surface area (Å²) < 4.78 is 0. The molecule has 1 rings (SSSR count). The van der Waals surface area contributed by atoms with Gasteiger partial charge >= 0.3 is 0 Å². The lowest BCUT2D eigenvalue weighted by Crippen LogP contribution is -2.29. The van der Waals surface area contributed by atoms with Gasteiger partial charge in [-0.15, -0.1) is 0 Å². The number of allylic oxidation sites excluding steroid dienone is 1. The first-order valence-electron chi connectivity index (χ1n) is 7.60. The summed E-state index contributed by atoms with van der Waals surface area (Å²) in [5, 5.41) is 0. The molecule has 0 amide bonds. The van der Waals surface area contributed by atoms with Gasteiger partial charge in [-0.3, -0.25) is 0 Å². The van der Waals surface area contributed by atoms with Gasteiger partial charge in [-0.25, -0.2) is 9.98 Å². The first-order chi connectivity index (χ1) is 10.6. The van der Waals surface area contributed by atoms with Crippen LogP contribution in [0.1, 0.15) is 20.8 Å². The van der Waals surface area contributed by atoms with Gasteiger partial charge in [0.2, 0.25) is 5.95 Å². The number of rotatable bonds is 6. The van der Waals surface area contributed by atoms with Crippen LogP contribution in [0.5, 0.6) is 0 Å². The summed E-state index contributed by atoms with van der Waals surface area (Å²) in [6.45, 7) is 7.81. The highest BCUT2D eigenvalue weighted by Crippen LogP contribution is 2.20. The van der Waals surface area contributed by atoms with Gasteiger partial charge in [-0.2, -0.15) is 4.98 Å². The second kappa shape index (κ2) is 7.92. The van der Waals surface area contributed by atoms with Crippen LogP contribution >= 0.6 is 0 Å². The summed E-state index contributed by atoms with van der Waals surface area (Å²) in [6, 6.07) is 1.72. The maximum absolute atomic E-state index is 6.01. The summed E-state index contributed by atoms with van der Waals surface area (Å²) in [5.41, 5.74) is 12.5. The van der Waals surface area contributed by atoms with E-state index in [0.29, 0.717) is 23.3 Å². The fourth-order valence-electron chi connectivity index (χ4n) is 1.58. The first kappa shape index (κ1) is 18.9. The Morgan fingerprint density at radius 2 is 1.87 bits per heavy atom. The van der Waals surface area contributed by atoms with Crippen LogP contribution in [-0.4, -0.2) is 54.9 Å². The summed E-state index contributed by atoms with van der Waals surface area (Å²) in [4.78, 5) is 17.1. The highest BCUT2D eigenvalue weighted by atomic mass is 15.3. The van der Waals surface area contributed by atoms with Crippen molar-refractivity contribution in [3.63, 3.8) is 0 Å². The van der Waals surface area contributed by atoms with Gasteiger partial charge in [0.15, 0.2) is 5.82 Å². The minimum atomic E-state index is -0.149. The molecule has 0 atom stereocenters. The predicted molar refractivity (Wildman–Crippen MR) is 96.9 cm³/mol. The third kappa shape index (κ3) is 6.65. The molecule has 128 valence electrons. The van der Waals surface area contributed by atoms with Crippen LogP contribution in [0.15, 0.2) is 29.0 Å². The van der Waals surface area contributed by atoms with E-state index in [1.807, 2.05) is 46.8 Å².